The zero-order valence-electron chi connectivity index (χ0n) is 10.2. The second-order valence-corrected chi connectivity index (χ2v) is 5.19. The second-order valence-electron chi connectivity index (χ2n) is 5.19. The first kappa shape index (κ1) is 11.4. The van der Waals surface area contributed by atoms with Crippen LogP contribution in [0.3, 0.4) is 0 Å². The first-order valence-electron chi connectivity index (χ1n) is 5.69. The molecule has 0 aliphatic heterocycles. The van der Waals surface area contributed by atoms with Gasteiger partial charge in [-0.3, -0.25) is 0 Å². The summed E-state index contributed by atoms with van der Waals surface area (Å²) in [6.07, 6.45) is 2.11. The van der Waals surface area contributed by atoms with Gasteiger partial charge < -0.3 is 15.7 Å². The van der Waals surface area contributed by atoms with E-state index in [1.54, 1.807) is 0 Å². The highest BCUT2D eigenvalue weighted by molar-refractivity contribution is 5.46. The SMILES string of the molecule is Cc1cc(C2(N)CC2)cc(CN(C)C)c1O. The molecule has 3 heteroatoms. The van der Waals surface area contributed by atoms with Gasteiger partial charge in [0.05, 0.1) is 0 Å². The van der Waals surface area contributed by atoms with Gasteiger partial charge >= 0.3 is 0 Å². The van der Waals surface area contributed by atoms with E-state index in [-0.39, 0.29) is 5.54 Å². The standard InChI is InChI=1S/C13H20N2O/c1-9-6-11(13(14)4-5-13)7-10(12(9)16)8-15(2)3/h6-7,16H,4-5,8,14H2,1-3H3. The number of rotatable bonds is 3. The van der Waals surface area contributed by atoms with Crippen LogP contribution in [0.2, 0.25) is 0 Å². The molecule has 1 aliphatic carbocycles. The van der Waals surface area contributed by atoms with E-state index in [0.29, 0.717) is 5.75 Å². The number of aryl methyl sites for hydroxylation is 1. The minimum Gasteiger partial charge on any atom is -0.507 e. The summed E-state index contributed by atoms with van der Waals surface area (Å²) in [7, 11) is 3.99. The maximum atomic E-state index is 9.99. The quantitative estimate of drug-likeness (QED) is 0.815. The summed E-state index contributed by atoms with van der Waals surface area (Å²) in [4.78, 5) is 2.05. The number of phenols is 1. The number of nitrogens with zero attached hydrogens (tertiary/aromatic N) is 1. The number of benzene rings is 1. The number of phenolic OH excluding ortho intramolecular Hbond substituents is 1. The molecule has 1 aromatic carbocycles. The highest BCUT2D eigenvalue weighted by Crippen LogP contribution is 2.44. The fourth-order valence-corrected chi connectivity index (χ4v) is 2.02. The first-order valence-corrected chi connectivity index (χ1v) is 5.69. The fourth-order valence-electron chi connectivity index (χ4n) is 2.02. The molecule has 1 aliphatic rings. The average Bonchev–Trinajstić information content (AvgIpc) is 2.92. The van der Waals surface area contributed by atoms with Crippen LogP contribution in [0.15, 0.2) is 12.1 Å². The smallest absolute Gasteiger partial charge is 0.122 e. The molecular weight excluding hydrogens is 200 g/mol. The molecule has 0 atom stereocenters. The maximum absolute atomic E-state index is 9.99. The van der Waals surface area contributed by atoms with Crippen LogP contribution in [0.4, 0.5) is 0 Å². The summed E-state index contributed by atoms with van der Waals surface area (Å²) in [6, 6.07) is 4.07. The van der Waals surface area contributed by atoms with Crippen LogP contribution in [0, 0.1) is 6.92 Å². The molecule has 3 N–H and O–H groups in total. The zero-order valence-corrected chi connectivity index (χ0v) is 10.2. The molecule has 0 aromatic heterocycles. The van der Waals surface area contributed by atoms with E-state index in [9.17, 15) is 5.11 Å². The Morgan fingerprint density at radius 1 is 1.38 bits per heavy atom. The molecule has 1 saturated carbocycles. The Hall–Kier alpha value is -1.06. The van der Waals surface area contributed by atoms with Crippen molar-refractivity contribution < 1.29 is 5.11 Å². The molecule has 1 aromatic rings. The molecular formula is C13H20N2O. The van der Waals surface area contributed by atoms with Crippen molar-refractivity contribution in [3.05, 3.63) is 28.8 Å². The van der Waals surface area contributed by atoms with Crippen molar-refractivity contribution >= 4 is 0 Å². The van der Waals surface area contributed by atoms with Gasteiger partial charge in [0, 0.05) is 17.6 Å². The highest BCUT2D eigenvalue weighted by Gasteiger charge is 2.40. The van der Waals surface area contributed by atoms with Gasteiger partial charge in [0.25, 0.3) is 0 Å². The van der Waals surface area contributed by atoms with Crippen LogP contribution in [0.25, 0.3) is 0 Å². The van der Waals surface area contributed by atoms with Crippen LogP contribution in [0.1, 0.15) is 29.5 Å². The number of nitrogens with two attached hydrogens (primary N) is 1. The van der Waals surface area contributed by atoms with Crippen LogP contribution in [-0.4, -0.2) is 24.1 Å². The monoisotopic (exact) mass is 220 g/mol. The van der Waals surface area contributed by atoms with Crippen LogP contribution in [-0.2, 0) is 12.1 Å². The predicted molar refractivity (Wildman–Crippen MR) is 65.3 cm³/mol. The molecule has 0 heterocycles. The van der Waals surface area contributed by atoms with Crippen LogP contribution >= 0.6 is 0 Å². The zero-order chi connectivity index (χ0) is 11.9. The van der Waals surface area contributed by atoms with E-state index in [4.69, 9.17) is 5.73 Å². The molecule has 0 saturated heterocycles. The van der Waals surface area contributed by atoms with E-state index in [1.807, 2.05) is 32.0 Å². The largest absolute Gasteiger partial charge is 0.507 e. The minimum atomic E-state index is -0.125. The minimum absolute atomic E-state index is 0.125. The van der Waals surface area contributed by atoms with E-state index in [2.05, 4.69) is 6.07 Å². The third kappa shape index (κ3) is 2.06. The molecule has 0 unspecified atom stereocenters. The van der Waals surface area contributed by atoms with Gasteiger partial charge in [-0.15, -0.1) is 0 Å². The van der Waals surface area contributed by atoms with Crippen molar-refractivity contribution in [2.45, 2.75) is 31.8 Å². The Labute approximate surface area is 96.9 Å². The van der Waals surface area contributed by atoms with Crippen LogP contribution in [0.5, 0.6) is 5.75 Å². The molecule has 16 heavy (non-hydrogen) atoms. The van der Waals surface area contributed by atoms with Gasteiger partial charge in [-0.1, -0.05) is 6.07 Å². The Morgan fingerprint density at radius 2 is 2.00 bits per heavy atom. The third-order valence-corrected chi connectivity index (χ3v) is 3.23. The summed E-state index contributed by atoms with van der Waals surface area (Å²) >= 11 is 0. The molecule has 0 spiro atoms. The Bertz CT molecular complexity index is 409. The van der Waals surface area contributed by atoms with Gasteiger partial charge in [0.1, 0.15) is 5.75 Å². The lowest BCUT2D eigenvalue weighted by Crippen LogP contribution is -2.20. The van der Waals surface area contributed by atoms with E-state index in [0.717, 1.165) is 30.5 Å². The Kier molecular flexibility index (Phi) is 2.68. The molecule has 3 nitrogen and oxygen atoms in total. The third-order valence-electron chi connectivity index (χ3n) is 3.23. The van der Waals surface area contributed by atoms with Gasteiger partial charge in [-0.25, -0.2) is 0 Å². The summed E-state index contributed by atoms with van der Waals surface area (Å²) in [5.41, 5.74) is 9.12. The molecule has 2 rings (SSSR count). The topological polar surface area (TPSA) is 49.5 Å². The van der Waals surface area contributed by atoms with Crippen molar-refractivity contribution in [3.63, 3.8) is 0 Å². The van der Waals surface area contributed by atoms with Crippen molar-refractivity contribution in [1.29, 1.82) is 0 Å². The number of hydrogen-bond donors (Lipinski definition) is 2. The second kappa shape index (κ2) is 3.75. The molecule has 1 fully saturated rings. The van der Waals surface area contributed by atoms with E-state index in [1.165, 1.54) is 5.56 Å². The van der Waals surface area contributed by atoms with Gasteiger partial charge in [-0.05, 0) is 51.1 Å². The Balaban J connectivity index is 2.39. The summed E-state index contributed by atoms with van der Waals surface area (Å²) in [5, 5.41) is 9.99. The predicted octanol–water partition coefficient (Wildman–Crippen LogP) is 1.71. The molecule has 0 radical (unpaired) electrons. The van der Waals surface area contributed by atoms with Crippen molar-refractivity contribution in [2.24, 2.45) is 5.73 Å². The maximum Gasteiger partial charge on any atom is 0.122 e. The average molecular weight is 220 g/mol. The normalized spacial score (nSPS) is 17.8. The first-order chi connectivity index (χ1) is 7.42. The lowest BCUT2D eigenvalue weighted by atomic mass is 9.98. The van der Waals surface area contributed by atoms with Gasteiger partial charge in [0.2, 0.25) is 0 Å². The molecule has 88 valence electrons. The summed E-state index contributed by atoms with van der Waals surface area (Å²) in [5.74, 6) is 0.404. The van der Waals surface area contributed by atoms with E-state index >= 15 is 0 Å². The van der Waals surface area contributed by atoms with Crippen molar-refractivity contribution in [3.8, 4) is 5.75 Å². The fraction of sp³-hybridized carbons (Fsp3) is 0.538. The van der Waals surface area contributed by atoms with Crippen molar-refractivity contribution in [2.75, 3.05) is 14.1 Å². The summed E-state index contributed by atoms with van der Waals surface area (Å²) < 4.78 is 0. The molecule has 0 amide bonds. The van der Waals surface area contributed by atoms with Gasteiger partial charge in [-0.2, -0.15) is 0 Å². The lowest BCUT2D eigenvalue weighted by Gasteiger charge is -2.17. The molecule has 0 bridgehead atoms. The van der Waals surface area contributed by atoms with Gasteiger partial charge in [0.15, 0.2) is 0 Å². The Morgan fingerprint density at radius 3 is 2.50 bits per heavy atom. The van der Waals surface area contributed by atoms with E-state index < -0.39 is 0 Å². The number of hydrogen-bond acceptors (Lipinski definition) is 3. The lowest BCUT2D eigenvalue weighted by molar-refractivity contribution is 0.384. The number of aromatic hydroxyl groups is 1. The summed E-state index contributed by atoms with van der Waals surface area (Å²) in [6.45, 7) is 2.68. The van der Waals surface area contributed by atoms with Crippen LogP contribution < -0.4 is 5.73 Å². The highest BCUT2D eigenvalue weighted by atomic mass is 16.3. The van der Waals surface area contributed by atoms with Crippen molar-refractivity contribution in [1.82, 2.24) is 4.90 Å².